The highest BCUT2D eigenvalue weighted by Gasteiger charge is 2.26. The van der Waals surface area contributed by atoms with Gasteiger partial charge in [-0.15, -0.1) is 0 Å². The van der Waals surface area contributed by atoms with E-state index in [-0.39, 0.29) is 24.5 Å². The molecule has 0 aliphatic heterocycles. The molecular formula is C31H34N2O4. The number of benzene rings is 3. The van der Waals surface area contributed by atoms with Crippen LogP contribution in [0.3, 0.4) is 0 Å². The quantitative estimate of drug-likeness (QED) is 0.202. The third-order valence-corrected chi connectivity index (χ3v) is 6.29. The standard InChI is InChI=1S/C31H34N2O4/c1-5-36-30(35)26-18-25-24(16-17-28(29(25)32-26)37-21-23-14-10-7-11-15-23)27(34)20-33(31(2,3)4)19-22-12-8-6-9-13-22/h6-18,32H,5,19-21H2,1-4H3. The van der Waals surface area contributed by atoms with Gasteiger partial charge in [0, 0.05) is 23.0 Å². The van der Waals surface area contributed by atoms with Crippen LogP contribution in [0.25, 0.3) is 10.9 Å². The van der Waals surface area contributed by atoms with Crippen LogP contribution in [0.2, 0.25) is 0 Å². The van der Waals surface area contributed by atoms with Crippen LogP contribution in [0.1, 0.15) is 59.7 Å². The number of aromatic amines is 1. The first-order chi connectivity index (χ1) is 17.8. The van der Waals surface area contributed by atoms with Crippen molar-refractivity contribution in [2.24, 2.45) is 0 Å². The van der Waals surface area contributed by atoms with Crippen molar-refractivity contribution in [2.45, 2.75) is 46.4 Å². The molecule has 0 saturated carbocycles. The van der Waals surface area contributed by atoms with Gasteiger partial charge < -0.3 is 14.5 Å². The van der Waals surface area contributed by atoms with E-state index in [0.717, 1.165) is 11.1 Å². The second-order valence-electron chi connectivity index (χ2n) is 10.0. The Labute approximate surface area is 218 Å². The number of hydrogen-bond donors (Lipinski definition) is 1. The summed E-state index contributed by atoms with van der Waals surface area (Å²) < 4.78 is 11.3. The SMILES string of the molecule is CCOC(=O)c1cc2c(C(=O)CN(Cc3ccccc3)C(C)(C)C)ccc(OCc3ccccc3)c2[nH]1. The summed E-state index contributed by atoms with van der Waals surface area (Å²) in [6.07, 6.45) is 0. The van der Waals surface area contributed by atoms with Crippen molar-refractivity contribution in [3.63, 3.8) is 0 Å². The van der Waals surface area contributed by atoms with Crippen molar-refractivity contribution >= 4 is 22.7 Å². The average molecular weight is 499 g/mol. The van der Waals surface area contributed by atoms with E-state index >= 15 is 0 Å². The van der Waals surface area contributed by atoms with Crippen molar-refractivity contribution in [3.05, 3.63) is 101 Å². The van der Waals surface area contributed by atoms with Gasteiger partial charge in [-0.25, -0.2) is 4.79 Å². The largest absolute Gasteiger partial charge is 0.487 e. The Morgan fingerprint density at radius 2 is 1.54 bits per heavy atom. The molecule has 0 spiro atoms. The minimum Gasteiger partial charge on any atom is -0.487 e. The van der Waals surface area contributed by atoms with Crippen LogP contribution in [0.5, 0.6) is 5.75 Å². The maximum atomic E-state index is 13.7. The van der Waals surface area contributed by atoms with Crippen LogP contribution in [-0.4, -0.2) is 40.3 Å². The highest BCUT2D eigenvalue weighted by Crippen LogP contribution is 2.31. The molecule has 0 bridgehead atoms. The normalized spacial score (nSPS) is 11.6. The Hall–Kier alpha value is -3.90. The maximum absolute atomic E-state index is 13.7. The molecule has 0 saturated heterocycles. The third kappa shape index (κ3) is 6.46. The van der Waals surface area contributed by atoms with E-state index in [1.807, 2.05) is 48.5 Å². The molecule has 0 radical (unpaired) electrons. The number of nitrogens with one attached hydrogen (secondary N) is 1. The van der Waals surface area contributed by atoms with E-state index in [0.29, 0.717) is 41.1 Å². The number of fused-ring (bicyclic) bond motifs is 1. The van der Waals surface area contributed by atoms with Gasteiger partial charge in [-0.2, -0.15) is 0 Å². The maximum Gasteiger partial charge on any atom is 0.354 e. The van der Waals surface area contributed by atoms with Gasteiger partial charge in [0.1, 0.15) is 18.1 Å². The lowest BCUT2D eigenvalue weighted by atomic mass is 10.0. The fourth-order valence-electron chi connectivity index (χ4n) is 4.20. The van der Waals surface area contributed by atoms with Crippen LogP contribution >= 0.6 is 0 Å². The Kier molecular flexibility index (Phi) is 8.09. The molecular weight excluding hydrogens is 464 g/mol. The van der Waals surface area contributed by atoms with E-state index in [9.17, 15) is 9.59 Å². The van der Waals surface area contributed by atoms with Crippen molar-refractivity contribution in [3.8, 4) is 5.75 Å². The van der Waals surface area contributed by atoms with Crippen LogP contribution in [0, 0.1) is 0 Å². The van der Waals surface area contributed by atoms with Crippen LogP contribution in [0.15, 0.2) is 78.9 Å². The summed E-state index contributed by atoms with van der Waals surface area (Å²) in [5.41, 5.74) is 3.38. The van der Waals surface area contributed by atoms with Crippen LogP contribution in [0.4, 0.5) is 0 Å². The lowest BCUT2D eigenvalue weighted by Gasteiger charge is -2.35. The van der Waals surface area contributed by atoms with Gasteiger partial charge in [0.2, 0.25) is 0 Å². The molecule has 37 heavy (non-hydrogen) atoms. The van der Waals surface area contributed by atoms with Gasteiger partial charge in [-0.05, 0) is 57.0 Å². The van der Waals surface area contributed by atoms with E-state index in [1.165, 1.54) is 0 Å². The second-order valence-corrected chi connectivity index (χ2v) is 10.0. The summed E-state index contributed by atoms with van der Waals surface area (Å²) in [5.74, 6) is 0.0780. The molecule has 192 valence electrons. The Morgan fingerprint density at radius 1 is 0.892 bits per heavy atom. The van der Waals surface area contributed by atoms with Gasteiger partial charge in [-0.1, -0.05) is 60.7 Å². The van der Waals surface area contributed by atoms with Gasteiger partial charge in [0.25, 0.3) is 0 Å². The second kappa shape index (κ2) is 11.4. The van der Waals surface area contributed by atoms with Crippen molar-refractivity contribution in [2.75, 3.05) is 13.2 Å². The smallest absolute Gasteiger partial charge is 0.354 e. The molecule has 6 heteroatoms. The zero-order valence-corrected chi connectivity index (χ0v) is 21.9. The topological polar surface area (TPSA) is 71.6 Å². The molecule has 1 N–H and O–H groups in total. The molecule has 6 nitrogen and oxygen atoms in total. The van der Waals surface area contributed by atoms with Gasteiger partial charge in [0.05, 0.1) is 18.7 Å². The Morgan fingerprint density at radius 3 is 2.16 bits per heavy atom. The highest BCUT2D eigenvalue weighted by molar-refractivity contribution is 6.11. The number of carbonyl (C=O) groups is 2. The minimum absolute atomic E-state index is 0.0279. The fraction of sp³-hybridized carbons (Fsp3) is 0.290. The van der Waals surface area contributed by atoms with Crippen LogP contribution in [-0.2, 0) is 17.9 Å². The number of rotatable bonds is 10. The van der Waals surface area contributed by atoms with E-state index < -0.39 is 5.97 Å². The number of nitrogens with zero attached hydrogens (tertiary/aromatic N) is 1. The molecule has 1 heterocycles. The van der Waals surface area contributed by atoms with E-state index in [2.05, 4.69) is 42.8 Å². The molecule has 0 aliphatic rings. The lowest BCUT2D eigenvalue weighted by molar-refractivity contribution is 0.0520. The Bertz CT molecular complexity index is 1350. The Balaban J connectivity index is 1.66. The molecule has 0 fully saturated rings. The first kappa shape index (κ1) is 26.2. The molecule has 1 aromatic heterocycles. The molecule has 0 unspecified atom stereocenters. The van der Waals surface area contributed by atoms with E-state index in [1.54, 1.807) is 25.1 Å². The number of aromatic nitrogens is 1. The summed E-state index contributed by atoms with van der Waals surface area (Å²) in [6, 6.07) is 25.3. The summed E-state index contributed by atoms with van der Waals surface area (Å²) in [5, 5.41) is 0.646. The molecule has 4 aromatic rings. The number of esters is 1. The number of Topliss-reactive ketones (excluding diaryl/α,β-unsaturated/α-hetero) is 1. The number of H-pyrrole nitrogens is 1. The number of hydrogen-bond acceptors (Lipinski definition) is 5. The van der Waals surface area contributed by atoms with Crippen molar-refractivity contribution in [1.82, 2.24) is 9.88 Å². The van der Waals surface area contributed by atoms with Crippen LogP contribution < -0.4 is 4.74 Å². The molecule has 0 amide bonds. The zero-order chi connectivity index (χ0) is 26.4. The molecule has 0 atom stereocenters. The first-order valence-corrected chi connectivity index (χ1v) is 12.6. The number of ketones is 1. The zero-order valence-electron chi connectivity index (χ0n) is 21.9. The summed E-state index contributed by atoms with van der Waals surface area (Å²) in [6.45, 7) is 9.59. The highest BCUT2D eigenvalue weighted by atomic mass is 16.5. The fourth-order valence-corrected chi connectivity index (χ4v) is 4.20. The summed E-state index contributed by atoms with van der Waals surface area (Å²) in [4.78, 5) is 31.5. The van der Waals surface area contributed by atoms with Gasteiger partial charge in [-0.3, -0.25) is 9.69 Å². The monoisotopic (exact) mass is 498 g/mol. The minimum atomic E-state index is -0.466. The molecule has 3 aromatic carbocycles. The average Bonchev–Trinajstić information content (AvgIpc) is 3.34. The predicted octanol–water partition coefficient (Wildman–Crippen LogP) is 6.41. The van der Waals surface area contributed by atoms with Crippen molar-refractivity contribution in [1.29, 1.82) is 0 Å². The lowest BCUT2D eigenvalue weighted by Crippen LogP contribution is -2.43. The number of ether oxygens (including phenoxy) is 2. The number of carbonyl (C=O) groups excluding carboxylic acids is 2. The summed E-state index contributed by atoms with van der Waals surface area (Å²) in [7, 11) is 0. The van der Waals surface area contributed by atoms with Crippen molar-refractivity contribution < 1.29 is 19.1 Å². The molecule has 4 rings (SSSR count). The van der Waals surface area contributed by atoms with E-state index in [4.69, 9.17) is 9.47 Å². The molecule has 0 aliphatic carbocycles. The third-order valence-electron chi connectivity index (χ3n) is 6.29. The van der Waals surface area contributed by atoms with Gasteiger partial charge >= 0.3 is 5.97 Å². The van der Waals surface area contributed by atoms with Gasteiger partial charge in [0.15, 0.2) is 5.78 Å². The predicted molar refractivity (Wildman–Crippen MR) is 146 cm³/mol. The first-order valence-electron chi connectivity index (χ1n) is 12.6. The summed E-state index contributed by atoms with van der Waals surface area (Å²) >= 11 is 0.